The first-order valence-electron chi connectivity index (χ1n) is 5.41. The number of hydrogen-bond donors (Lipinski definition) is 1. The van der Waals surface area contributed by atoms with Crippen molar-refractivity contribution in [2.45, 2.75) is 33.8 Å². The third-order valence-electron chi connectivity index (χ3n) is 2.75. The van der Waals surface area contributed by atoms with Crippen LogP contribution in [0.15, 0.2) is 24.3 Å². The van der Waals surface area contributed by atoms with Crippen LogP contribution in [0.2, 0.25) is 0 Å². The van der Waals surface area contributed by atoms with Gasteiger partial charge in [0.05, 0.1) is 12.0 Å². The highest BCUT2D eigenvalue weighted by Gasteiger charge is 2.27. The van der Waals surface area contributed by atoms with Gasteiger partial charge in [-0.1, -0.05) is 19.1 Å². The summed E-state index contributed by atoms with van der Waals surface area (Å²) in [6.45, 7) is 5.67. The second-order valence-corrected chi connectivity index (χ2v) is 4.43. The highest BCUT2D eigenvalue weighted by Crippen LogP contribution is 2.23. The fraction of sp³-hybridized carbons (Fsp3) is 0.462. The van der Waals surface area contributed by atoms with Crippen LogP contribution in [0.3, 0.4) is 0 Å². The van der Waals surface area contributed by atoms with Gasteiger partial charge in [-0.2, -0.15) is 0 Å². The minimum Gasteiger partial charge on any atom is -0.426 e. The maximum atomic E-state index is 11.7. The molecule has 0 amide bonds. The first kappa shape index (κ1) is 12.7. The van der Waals surface area contributed by atoms with E-state index in [1.807, 2.05) is 20.8 Å². The van der Waals surface area contributed by atoms with E-state index in [1.165, 1.54) is 0 Å². The van der Waals surface area contributed by atoms with Gasteiger partial charge in [-0.25, -0.2) is 0 Å². The molecule has 0 spiro atoms. The van der Waals surface area contributed by atoms with E-state index in [4.69, 9.17) is 9.84 Å². The standard InChI is InChI=1S/C13H18O3/c1-4-13(2,3)12(15)16-11-7-5-10(9-14)6-8-11/h5-8,14H,4,9H2,1-3H3. The lowest BCUT2D eigenvalue weighted by Gasteiger charge is -2.20. The molecular formula is C13H18O3. The van der Waals surface area contributed by atoms with E-state index in [-0.39, 0.29) is 12.6 Å². The number of rotatable bonds is 4. The maximum Gasteiger partial charge on any atom is 0.316 e. The Morgan fingerprint density at radius 1 is 1.31 bits per heavy atom. The molecule has 1 N–H and O–H groups in total. The second-order valence-electron chi connectivity index (χ2n) is 4.43. The molecule has 0 saturated carbocycles. The molecule has 1 aromatic carbocycles. The molecule has 0 saturated heterocycles. The zero-order chi connectivity index (χ0) is 12.2. The van der Waals surface area contributed by atoms with Crippen molar-refractivity contribution >= 4 is 5.97 Å². The van der Waals surface area contributed by atoms with E-state index < -0.39 is 5.41 Å². The van der Waals surface area contributed by atoms with Gasteiger partial charge in [0.25, 0.3) is 0 Å². The van der Waals surface area contributed by atoms with Crippen molar-refractivity contribution in [2.75, 3.05) is 0 Å². The summed E-state index contributed by atoms with van der Waals surface area (Å²) in [5.74, 6) is 0.287. The number of hydrogen-bond acceptors (Lipinski definition) is 3. The van der Waals surface area contributed by atoms with Gasteiger partial charge in [0, 0.05) is 0 Å². The van der Waals surface area contributed by atoms with Crippen molar-refractivity contribution in [1.82, 2.24) is 0 Å². The van der Waals surface area contributed by atoms with E-state index in [2.05, 4.69) is 0 Å². The first-order valence-corrected chi connectivity index (χ1v) is 5.41. The number of aliphatic hydroxyl groups excluding tert-OH is 1. The van der Waals surface area contributed by atoms with Crippen molar-refractivity contribution in [3.63, 3.8) is 0 Å². The van der Waals surface area contributed by atoms with Crippen LogP contribution >= 0.6 is 0 Å². The van der Waals surface area contributed by atoms with Crippen molar-refractivity contribution in [1.29, 1.82) is 0 Å². The van der Waals surface area contributed by atoms with Crippen molar-refractivity contribution in [3.05, 3.63) is 29.8 Å². The van der Waals surface area contributed by atoms with E-state index in [0.717, 1.165) is 12.0 Å². The van der Waals surface area contributed by atoms with Crippen LogP contribution in [0, 0.1) is 5.41 Å². The molecule has 0 aliphatic rings. The molecule has 0 aliphatic heterocycles. The van der Waals surface area contributed by atoms with E-state index in [1.54, 1.807) is 24.3 Å². The zero-order valence-electron chi connectivity index (χ0n) is 9.99. The molecular weight excluding hydrogens is 204 g/mol. The molecule has 0 heterocycles. The molecule has 0 unspecified atom stereocenters. The topological polar surface area (TPSA) is 46.5 Å². The van der Waals surface area contributed by atoms with E-state index in [0.29, 0.717) is 5.75 Å². The van der Waals surface area contributed by atoms with Gasteiger partial charge in [-0.3, -0.25) is 4.79 Å². The third-order valence-corrected chi connectivity index (χ3v) is 2.75. The monoisotopic (exact) mass is 222 g/mol. The summed E-state index contributed by atoms with van der Waals surface area (Å²) < 4.78 is 5.25. The number of carbonyl (C=O) groups is 1. The van der Waals surface area contributed by atoms with Crippen LogP contribution < -0.4 is 4.74 Å². The van der Waals surface area contributed by atoms with Crippen LogP contribution in [-0.4, -0.2) is 11.1 Å². The molecule has 3 nitrogen and oxygen atoms in total. The Morgan fingerprint density at radius 3 is 2.31 bits per heavy atom. The summed E-state index contributed by atoms with van der Waals surface area (Å²) in [4.78, 5) is 11.7. The average molecular weight is 222 g/mol. The van der Waals surface area contributed by atoms with Gasteiger partial charge in [-0.05, 0) is 38.0 Å². The average Bonchev–Trinajstić information content (AvgIpc) is 2.30. The van der Waals surface area contributed by atoms with Crippen LogP contribution in [-0.2, 0) is 11.4 Å². The molecule has 1 aromatic rings. The Hall–Kier alpha value is -1.35. The second kappa shape index (κ2) is 5.12. The van der Waals surface area contributed by atoms with Crippen molar-refractivity contribution in [3.8, 4) is 5.75 Å². The smallest absolute Gasteiger partial charge is 0.316 e. The zero-order valence-corrected chi connectivity index (χ0v) is 9.99. The Balaban J connectivity index is 2.70. The summed E-state index contributed by atoms with van der Waals surface area (Å²) in [5, 5.41) is 8.87. The number of ether oxygens (including phenoxy) is 1. The maximum absolute atomic E-state index is 11.7. The van der Waals surface area contributed by atoms with Crippen LogP contribution in [0.25, 0.3) is 0 Å². The Labute approximate surface area is 96.1 Å². The lowest BCUT2D eigenvalue weighted by Crippen LogP contribution is -2.28. The number of benzene rings is 1. The van der Waals surface area contributed by atoms with Gasteiger partial charge in [0.2, 0.25) is 0 Å². The Kier molecular flexibility index (Phi) is 4.07. The van der Waals surface area contributed by atoms with E-state index in [9.17, 15) is 4.79 Å². The molecule has 0 aliphatic carbocycles. The van der Waals surface area contributed by atoms with E-state index >= 15 is 0 Å². The highest BCUT2D eigenvalue weighted by molar-refractivity contribution is 5.78. The van der Waals surface area contributed by atoms with Gasteiger partial charge in [0.15, 0.2) is 0 Å². The largest absolute Gasteiger partial charge is 0.426 e. The summed E-state index contributed by atoms with van der Waals surface area (Å²) in [6, 6.07) is 6.85. The normalized spacial score (nSPS) is 11.2. The van der Waals surface area contributed by atoms with Crippen LogP contribution in [0.5, 0.6) is 5.75 Å². The summed E-state index contributed by atoms with van der Waals surface area (Å²) in [7, 11) is 0. The highest BCUT2D eigenvalue weighted by atomic mass is 16.5. The predicted octanol–water partition coefficient (Wildman–Crippen LogP) is 2.52. The molecule has 0 radical (unpaired) electrons. The molecule has 0 bridgehead atoms. The molecule has 0 atom stereocenters. The molecule has 88 valence electrons. The molecule has 1 rings (SSSR count). The van der Waals surface area contributed by atoms with Gasteiger partial charge < -0.3 is 9.84 Å². The minimum absolute atomic E-state index is 0.00528. The van der Waals surface area contributed by atoms with Gasteiger partial charge in [0.1, 0.15) is 5.75 Å². The lowest BCUT2D eigenvalue weighted by molar-refractivity contribution is -0.144. The minimum atomic E-state index is -0.463. The van der Waals surface area contributed by atoms with Crippen molar-refractivity contribution < 1.29 is 14.6 Å². The SMILES string of the molecule is CCC(C)(C)C(=O)Oc1ccc(CO)cc1. The summed E-state index contributed by atoms with van der Waals surface area (Å²) >= 11 is 0. The molecule has 3 heteroatoms. The summed E-state index contributed by atoms with van der Waals surface area (Å²) in [5.41, 5.74) is 0.338. The Morgan fingerprint density at radius 2 is 1.88 bits per heavy atom. The Bertz CT molecular complexity index is 352. The number of esters is 1. The quantitative estimate of drug-likeness (QED) is 0.629. The van der Waals surface area contributed by atoms with Crippen molar-refractivity contribution in [2.24, 2.45) is 5.41 Å². The third kappa shape index (κ3) is 3.07. The first-order chi connectivity index (χ1) is 7.49. The number of carbonyl (C=O) groups excluding carboxylic acids is 1. The molecule has 16 heavy (non-hydrogen) atoms. The molecule has 0 fully saturated rings. The van der Waals surface area contributed by atoms with Gasteiger partial charge in [-0.15, -0.1) is 0 Å². The van der Waals surface area contributed by atoms with Crippen LogP contribution in [0.4, 0.5) is 0 Å². The summed E-state index contributed by atoms with van der Waals surface area (Å²) in [6.07, 6.45) is 0.737. The van der Waals surface area contributed by atoms with Gasteiger partial charge >= 0.3 is 5.97 Å². The predicted molar refractivity (Wildman–Crippen MR) is 62.1 cm³/mol. The molecule has 0 aromatic heterocycles. The number of aliphatic hydroxyl groups is 1. The fourth-order valence-corrected chi connectivity index (χ4v) is 1.05. The van der Waals surface area contributed by atoms with Crippen LogP contribution in [0.1, 0.15) is 32.8 Å². The fourth-order valence-electron chi connectivity index (χ4n) is 1.05. The lowest BCUT2D eigenvalue weighted by atomic mass is 9.91.